The summed E-state index contributed by atoms with van der Waals surface area (Å²) in [6.45, 7) is 4.53. The number of aryl methyl sites for hydroxylation is 1. The van der Waals surface area contributed by atoms with Gasteiger partial charge in [-0.05, 0) is 36.5 Å². The van der Waals surface area contributed by atoms with Crippen LogP contribution in [0.4, 0.5) is 0 Å². The van der Waals surface area contributed by atoms with Crippen LogP contribution in [0.25, 0.3) is 5.82 Å². The van der Waals surface area contributed by atoms with Crippen molar-refractivity contribution in [3.8, 4) is 5.82 Å². The summed E-state index contributed by atoms with van der Waals surface area (Å²) in [6.07, 6.45) is 9.25. The Labute approximate surface area is 103 Å². The minimum atomic E-state index is 0.784. The summed E-state index contributed by atoms with van der Waals surface area (Å²) in [7, 11) is 0. The van der Waals surface area contributed by atoms with Crippen LogP contribution in [0.3, 0.4) is 0 Å². The second kappa shape index (κ2) is 5.62. The van der Waals surface area contributed by atoms with Gasteiger partial charge >= 0.3 is 0 Å². The second-order valence-corrected chi connectivity index (χ2v) is 4.76. The van der Waals surface area contributed by atoms with Crippen molar-refractivity contribution >= 4 is 0 Å². The van der Waals surface area contributed by atoms with Gasteiger partial charge in [0.25, 0.3) is 0 Å². The van der Waals surface area contributed by atoms with Crippen molar-refractivity contribution in [3.05, 3.63) is 42.4 Å². The third kappa shape index (κ3) is 3.41. The van der Waals surface area contributed by atoms with E-state index in [9.17, 15) is 0 Å². The van der Waals surface area contributed by atoms with Crippen molar-refractivity contribution in [2.75, 3.05) is 0 Å². The minimum absolute atomic E-state index is 0.784. The molecule has 0 radical (unpaired) electrons. The lowest BCUT2D eigenvalue weighted by Crippen LogP contribution is -1.98. The van der Waals surface area contributed by atoms with Crippen molar-refractivity contribution in [1.29, 1.82) is 0 Å². The smallest absolute Gasteiger partial charge is 0.153 e. The van der Waals surface area contributed by atoms with E-state index in [1.807, 2.05) is 24.5 Å². The van der Waals surface area contributed by atoms with Gasteiger partial charge in [0.2, 0.25) is 0 Å². The maximum absolute atomic E-state index is 4.42. The quantitative estimate of drug-likeness (QED) is 0.788. The first-order valence-corrected chi connectivity index (χ1v) is 6.20. The van der Waals surface area contributed by atoms with E-state index in [0.29, 0.717) is 0 Å². The van der Waals surface area contributed by atoms with Crippen molar-refractivity contribution < 1.29 is 0 Å². The van der Waals surface area contributed by atoms with E-state index in [0.717, 1.165) is 18.2 Å². The number of hydrogen-bond acceptors (Lipinski definition) is 2. The molecule has 0 aliphatic rings. The Hall–Kier alpha value is -1.64. The maximum Gasteiger partial charge on any atom is 0.153 e. The van der Waals surface area contributed by atoms with Crippen LogP contribution in [0.1, 0.15) is 32.3 Å². The molecule has 0 aliphatic heterocycles. The average molecular weight is 229 g/mol. The first-order valence-electron chi connectivity index (χ1n) is 6.20. The molecule has 3 heteroatoms. The number of rotatable bonds is 5. The summed E-state index contributed by atoms with van der Waals surface area (Å²) in [4.78, 5) is 4.42. The van der Waals surface area contributed by atoms with Gasteiger partial charge in [0.1, 0.15) is 0 Å². The molecular formula is C14H19N3. The summed E-state index contributed by atoms with van der Waals surface area (Å²) in [6, 6.07) is 6.07. The lowest BCUT2D eigenvalue weighted by molar-refractivity contribution is 0.555. The second-order valence-electron chi connectivity index (χ2n) is 4.76. The van der Waals surface area contributed by atoms with Crippen molar-refractivity contribution in [1.82, 2.24) is 14.8 Å². The number of nitrogens with zero attached hydrogens (tertiary/aromatic N) is 3. The van der Waals surface area contributed by atoms with E-state index >= 15 is 0 Å². The highest BCUT2D eigenvalue weighted by atomic mass is 15.3. The fourth-order valence-corrected chi connectivity index (χ4v) is 1.82. The SMILES string of the molecule is CC(C)CCCc1ccc(-n2cccn2)nc1. The first kappa shape index (κ1) is 11.8. The molecule has 0 N–H and O–H groups in total. The van der Waals surface area contributed by atoms with Gasteiger partial charge in [-0.1, -0.05) is 26.3 Å². The Kier molecular flexibility index (Phi) is 3.91. The van der Waals surface area contributed by atoms with Gasteiger partial charge in [0.15, 0.2) is 5.82 Å². The highest BCUT2D eigenvalue weighted by molar-refractivity contribution is 5.24. The van der Waals surface area contributed by atoms with E-state index in [2.05, 4.69) is 30.0 Å². The van der Waals surface area contributed by atoms with Gasteiger partial charge in [0.05, 0.1) is 0 Å². The van der Waals surface area contributed by atoms with Crippen molar-refractivity contribution in [3.63, 3.8) is 0 Å². The molecule has 0 saturated heterocycles. The molecule has 0 bridgehead atoms. The maximum atomic E-state index is 4.42. The summed E-state index contributed by atoms with van der Waals surface area (Å²) in [5.41, 5.74) is 1.31. The van der Waals surface area contributed by atoms with E-state index in [1.54, 1.807) is 10.9 Å². The molecule has 90 valence electrons. The monoisotopic (exact) mass is 229 g/mol. The largest absolute Gasteiger partial charge is 0.237 e. The molecule has 0 aromatic carbocycles. The molecule has 0 amide bonds. The lowest BCUT2D eigenvalue weighted by atomic mass is 10.0. The molecule has 0 fully saturated rings. The molecule has 2 rings (SSSR count). The summed E-state index contributed by atoms with van der Waals surface area (Å²) >= 11 is 0. The molecule has 2 heterocycles. The van der Waals surface area contributed by atoms with Gasteiger partial charge in [-0.3, -0.25) is 0 Å². The van der Waals surface area contributed by atoms with Gasteiger partial charge < -0.3 is 0 Å². The molecule has 0 saturated carbocycles. The third-order valence-corrected chi connectivity index (χ3v) is 2.80. The Balaban J connectivity index is 1.94. The number of hydrogen-bond donors (Lipinski definition) is 0. The van der Waals surface area contributed by atoms with Crippen LogP contribution in [-0.2, 0) is 6.42 Å². The Morgan fingerprint density at radius 2 is 2.18 bits per heavy atom. The van der Waals surface area contributed by atoms with Crippen molar-refractivity contribution in [2.45, 2.75) is 33.1 Å². The fourth-order valence-electron chi connectivity index (χ4n) is 1.82. The van der Waals surface area contributed by atoms with Crippen LogP contribution in [0.5, 0.6) is 0 Å². The number of pyridine rings is 1. The fraction of sp³-hybridized carbons (Fsp3) is 0.429. The van der Waals surface area contributed by atoms with Crippen LogP contribution in [0.2, 0.25) is 0 Å². The highest BCUT2D eigenvalue weighted by Crippen LogP contribution is 2.10. The molecule has 0 spiro atoms. The van der Waals surface area contributed by atoms with Gasteiger partial charge in [-0.25, -0.2) is 9.67 Å². The van der Waals surface area contributed by atoms with E-state index in [1.165, 1.54) is 18.4 Å². The Morgan fingerprint density at radius 3 is 2.76 bits per heavy atom. The standard InChI is InChI=1S/C14H19N3/c1-12(2)5-3-6-13-7-8-14(15-11-13)17-10-4-9-16-17/h4,7-12H,3,5-6H2,1-2H3. The molecule has 2 aromatic heterocycles. The van der Waals surface area contributed by atoms with Crippen LogP contribution >= 0.6 is 0 Å². The molecule has 17 heavy (non-hydrogen) atoms. The van der Waals surface area contributed by atoms with Gasteiger partial charge in [-0.2, -0.15) is 5.10 Å². The Morgan fingerprint density at radius 1 is 1.29 bits per heavy atom. The third-order valence-electron chi connectivity index (χ3n) is 2.80. The van der Waals surface area contributed by atoms with Crippen molar-refractivity contribution in [2.24, 2.45) is 5.92 Å². The Bertz CT molecular complexity index is 429. The minimum Gasteiger partial charge on any atom is -0.237 e. The van der Waals surface area contributed by atoms with E-state index < -0.39 is 0 Å². The number of aromatic nitrogens is 3. The predicted molar refractivity (Wildman–Crippen MR) is 69.1 cm³/mol. The van der Waals surface area contributed by atoms with Crippen LogP contribution in [-0.4, -0.2) is 14.8 Å². The average Bonchev–Trinajstić information content (AvgIpc) is 2.83. The normalized spacial score (nSPS) is 11.0. The van der Waals surface area contributed by atoms with E-state index in [-0.39, 0.29) is 0 Å². The topological polar surface area (TPSA) is 30.7 Å². The first-order chi connectivity index (χ1) is 8.25. The van der Waals surface area contributed by atoms with Crippen LogP contribution in [0.15, 0.2) is 36.8 Å². The van der Waals surface area contributed by atoms with E-state index in [4.69, 9.17) is 0 Å². The van der Waals surface area contributed by atoms with Crippen LogP contribution in [0, 0.1) is 5.92 Å². The molecular weight excluding hydrogens is 210 g/mol. The summed E-state index contributed by atoms with van der Waals surface area (Å²) in [5.74, 6) is 1.66. The molecule has 0 unspecified atom stereocenters. The lowest BCUT2D eigenvalue weighted by Gasteiger charge is -2.05. The molecule has 3 nitrogen and oxygen atoms in total. The molecule has 0 aliphatic carbocycles. The zero-order valence-electron chi connectivity index (χ0n) is 10.5. The summed E-state index contributed by atoms with van der Waals surface area (Å²) in [5, 5.41) is 4.16. The zero-order chi connectivity index (χ0) is 12.1. The van der Waals surface area contributed by atoms with Crippen LogP contribution < -0.4 is 0 Å². The predicted octanol–water partition coefficient (Wildman–Crippen LogP) is 3.25. The van der Waals surface area contributed by atoms with Gasteiger partial charge in [0, 0.05) is 18.6 Å². The zero-order valence-corrected chi connectivity index (χ0v) is 10.5. The molecule has 0 atom stereocenters. The summed E-state index contributed by atoms with van der Waals surface area (Å²) < 4.78 is 1.78. The van der Waals surface area contributed by atoms with Gasteiger partial charge in [-0.15, -0.1) is 0 Å². The molecule has 2 aromatic rings. The highest BCUT2D eigenvalue weighted by Gasteiger charge is 1.99.